The molecule has 1 saturated heterocycles. The Balaban J connectivity index is 0.00000264. The number of hydrogen-bond donors (Lipinski definition) is 2. The monoisotopic (exact) mass is 439 g/mol. The van der Waals surface area contributed by atoms with E-state index in [-0.39, 0.29) is 24.0 Å². The van der Waals surface area contributed by atoms with Crippen molar-refractivity contribution >= 4 is 29.9 Å². The summed E-state index contributed by atoms with van der Waals surface area (Å²) in [5.41, 5.74) is 1.47. The third-order valence-electron chi connectivity index (χ3n) is 3.87. The van der Waals surface area contributed by atoms with Crippen molar-refractivity contribution in [1.82, 2.24) is 10.6 Å². The van der Waals surface area contributed by atoms with Crippen LogP contribution in [0.25, 0.3) is 0 Å². The van der Waals surface area contributed by atoms with E-state index in [1.807, 2.05) is 0 Å². The first-order chi connectivity index (χ1) is 10.9. The minimum Gasteiger partial charge on any atom is -0.379 e. The van der Waals surface area contributed by atoms with Gasteiger partial charge >= 0.3 is 0 Å². The number of nitrogens with zero attached hydrogens (tertiary/aromatic N) is 1. The molecule has 2 heterocycles. The van der Waals surface area contributed by atoms with Crippen molar-refractivity contribution in [2.45, 2.75) is 31.8 Å². The summed E-state index contributed by atoms with van der Waals surface area (Å²) in [5.74, 6) is 0.858. The second kappa shape index (κ2) is 13.0. The van der Waals surface area contributed by atoms with Crippen molar-refractivity contribution in [3.63, 3.8) is 0 Å². The summed E-state index contributed by atoms with van der Waals surface area (Å²) < 4.78 is 16.3. The molecule has 1 fully saturated rings. The van der Waals surface area contributed by atoms with E-state index in [2.05, 4.69) is 21.7 Å². The summed E-state index contributed by atoms with van der Waals surface area (Å²) in [6.07, 6.45) is 6.58. The van der Waals surface area contributed by atoms with E-state index in [0.717, 1.165) is 77.8 Å². The van der Waals surface area contributed by atoms with Gasteiger partial charge in [0.05, 0.1) is 25.9 Å². The first kappa shape index (κ1) is 20.7. The van der Waals surface area contributed by atoms with E-state index < -0.39 is 0 Å². The highest BCUT2D eigenvalue weighted by atomic mass is 127. The average molecular weight is 439 g/mol. The van der Waals surface area contributed by atoms with Gasteiger partial charge in [-0.15, -0.1) is 24.0 Å². The fourth-order valence-corrected chi connectivity index (χ4v) is 2.53. The van der Waals surface area contributed by atoms with Crippen LogP contribution in [0.4, 0.5) is 0 Å². The van der Waals surface area contributed by atoms with Crippen molar-refractivity contribution in [3.8, 4) is 0 Å². The molecule has 1 atom stereocenters. The molecule has 0 aromatic heterocycles. The van der Waals surface area contributed by atoms with Crippen molar-refractivity contribution in [3.05, 3.63) is 11.6 Å². The van der Waals surface area contributed by atoms with Crippen molar-refractivity contribution in [2.75, 3.05) is 53.2 Å². The highest BCUT2D eigenvalue weighted by molar-refractivity contribution is 14.0. The van der Waals surface area contributed by atoms with Crippen LogP contribution in [0.2, 0.25) is 0 Å². The SMILES string of the molecule is CN=C(NCCCOC1CCOC1)NCCC1=CCOCC1.I. The van der Waals surface area contributed by atoms with Gasteiger partial charge in [0, 0.05) is 33.4 Å². The van der Waals surface area contributed by atoms with Crippen LogP contribution in [-0.2, 0) is 14.2 Å². The summed E-state index contributed by atoms with van der Waals surface area (Å²) >= 11 is 0. The summed E-state index contributed by atoms with van der Waals surface area (Å²) in [4.78, 5) is 4.24. The Labute approximate surface area is 156 Å². The van der Waals surface area contributed by atoms with Gasteiger partial charge < -0.3 is 24.8 Å². The molecule has 23 heavy (non-hydrogen) atoms. The molecule has 0 saturated carbocycles. The topological polar surface area (TPSA) is 64.1 Å². The van der Waals surface area contributed by atoms with Gasteiger partial charge in [-0.25, -0.2) is 0 Å². The van der Waals surface area contributed by atoms with Gasteiger partial charge in [-0.3, -0.25) is 4.99 Å². The molecule has 0 radical (unpaired) electrons. The van der Waals surface area contributed by atoms with Crippen LogP contribution in [-0.4, -0.2) is 65.2 Å². The van der Waals surface area contributed by atoms with E-state index in [0.29, 0.717) is 6.10 Å². The molecule has 0 aromatic carbocycles. The van der Waals surface area contributed by atoms with E-state index in [1.165, 1.54) is 5.57 Å². The lowest BCUT2D eigenvalue weighted by molar-refractivity contribution is 0.0420. The molecule has 2 aliphatic rings. The molecule has 0 aromatic rings. The molecular formula is C16H30IN3O3. The lowest BCUT2D eigenvalue weighted by Gasteiger charge is -2.16. The molecule has 2 N–H and O–H groups in total. The van der Waals surface area contributed by atoms with E-state index in [9.17, 15) is 0 Å². The highest BCUT2D eigenvalue weighted by Crippen LogP contribution is 2.10. The van der Waals surface area contributed by atoms with Crippen LogP contribution < -0.4 is 10.6 Å². The number of hydrogen-bond acceptors (Lipinski definition) is 4. The van der Waals surface area contributed by atoms with Crippen molar-refractivity contribution in [2.24, 2.45) is 4.99 Å². The Morgan fingerprint density at radius 1 is 1.30 bits per heavy atom. The maximum atomic E-state index is 5.73. The molecule has 1 unspecified atom stereocenters. The first-order valence-corrected chi connectivity index (χ1v) is 8.28. The third-order valence-corrected chi connectivity index (χ3v) is 3.87. The van der Waals surface area contributed by atoms with Gasteiger partial charge in [-0.05, 0) is 25.7 Å². The van der Waals surface area contributed by atoms with Crippen LogP contribution in [0.15, 0.2) is 16.6 Å². The lowest BCUT2D eigenvalue weighted by Crippen LogP contribution is -2.38. The molecule has 0 amide bonds. The summed E-state index contributed by atoms with van der Waals surface area (Å²) in [6, 6.07) is 0. The molecule has 0 spiro atoms. The van der Waals surface area contributed by atoms with Gasteiger partial charge in [0.15, 0.2) is 5.96 Å². The van der Waals surface area contributed by atoms with Crippen LogP contribution in [0, 0.1) is 0 Å². The van der Waals surface area contributed by atoms with E-state index in [1.54, 1.807) is 7.05 Å². The second-order valence-corrected chi connectivity index (χ2v) is 5.57. The highest BCUT2D eigenvalue weighted by Gasteiger charge is 2.15. The molecular weight excluding hydrogens is 409 g/mol. The predicted molar refractivity (Wildman–Crippen MR) is 103 cm³/mol. The van der Waals surface area contributed by atoms with Crippen LogP contribution >= 0.6 is 24.0 Å². The standard InChI is InChI=1S/C16H29N3O3.HI/c1-17-16(19-8-3-14-4-10-20-11-5-14)18-7-2-9-22-15-6-12-21-13-15;/h4,15H,2-3,5-13H2,1H3,(H2,17,18,19);1H. The van der Waals surface area contributed by atoms with Crippen molar-refractivity contribution in [1.29, 1.82) is 0 Å². The Morgan fingerprint density at radius 2 is 2.17 bits per heavy atom. The zero-order valence-electron chi connectivity index (χ0n) is 14.0. The minimum atomic E-state index is 0. The Morgan fingerprint density at radius 3 is 2.87 bits per heavy atom. The number of nitrogens with one attached hydrogen (secondary N) is 2. The quantitative estimate of drug-likeness (QED) is 0.198. The van der Waals surface area contributed by atoms with Gasteiger partial charge in [0.25, 0.3) is 0 Å². The molecule has 2 rings (SSSR count). The van der Waals surface area contributed by atoms with Crippen molar-refractivity contribution < 1.29 is 14.2 Å². The summed E-state index contributed by atoms with van der Waals surface area (Å²) in [5, 5.41) is 6.66. The molecule has 0 bridgehead atoms. The number of aliphatic imine (C=N–C) groups is 1. The summed E-state index contributed by atoms with van der Waals surface area (Å²) in [6.45, 7) is 5.73. The maximum Gasteiger partial charge on any atom is 0.190 e. The van der Waals surface area contributed by atoms with Gasteiger partial charge in [0.1, 0.15) is 0 Å². The fourth-order valence-electron chi connectivity index (χ4n) is 2.53. The van der Waals surface area contributed by atoms with Gasteiger partial charge in [-0.2, -0.15) is 0 Å². The summed E-state index contributed by atoms with van der Waals surface area (Å²) in [7, 11) is 1.80. The number of rotatable bonds is 8. The Hall–Kier alpha value is -0.380. The van der Waals surface area contributed by atoms with Crippen LogP contribution in [0.3, 0.4) is 0 Å². The normalized spacial score (nSPS) is 21.5. The van der Waals surface area contributed by atoms with E-state index >= 15 is 0 Å². The fraction of sp³-hybridized carbons (Fsp3) is 0.812. The molecule has 2 aliphatic heterocycles. The number of guanidine groups is 1. The molecule has 0 aliphatic carbocycles. The second-order valence-electron chi connectivity index (χ2n) is 5.57. The predicted octanol–water partition coefficient (Wildman–Crippen LogP) is 1.70. The maximum absolute atomic E-state index is 5.73. The zero-order chi connectivity index (χ0) is 15.5. The van der Waals surface area contributed by atoms with Gasteiger partial charge in [0.2, 0.25) is 0 Å². The smallest absolute Gasteiger partial charge is 0.190 e. The van der Waals surface area contributed by atoms with Crippen LogP contribution in [0.5, 0.6) is 0 Å². The lowest BCUT2D eigenvalue weighted by atomic mass is 10.1. The third kappa shape index (κ3) is 8.88. The largest absolute Gasteiger partial charge is 0.379 e. The number of halogens is 1. The average Bonchev–Trinajstić information content (AvgIpc) is 3.07. The molecule has 134 valence electrons. The Bertz CT molecular complexity index is 372. The van der Waals surface area contributed by atoms with Crippen LogP contribution in [0.1, 0.15) is 25.7 Å². The molecule has 7 heteroatoms. The molecule has 6 nitrogen and oxygen atoms in total. The zero-order valence-corrected chi connectivity index (χ0v) is 16.3. The Kier molecular flexibility index (Phi) is 11.7. The van der Waals surface area contributed by atoms with E-state index in [4.69, 9.17) is 14.2 Å². The minimum absolute atomic E-state index is 0. The van der Waals surface area contributed by atoms with Gasteiger partial charge in [-0.1, -0.05) is 11.6 Å². The number of ether oxygens (including phenoxy) is 3. The first-order valence-electron chi connectivity index (χ1n) is 8.28.